The molecule has 0 radical (unpaired) electrons. The van der Waals surface area contributed by atoms with E-state index >= 15 is 0 Å². The fraction of sp³-hybridized carbons (Fsp3) is 0.417. The Morgan fingerprint density at radius 1 is 1.39 bits per heavy atom. The fourth-order valence-corrected chi connectivity index (χ4v) is 1.95. The molecule has 4 nitrogen and oxygen atoms in total. The van der Waals surface area contributed by atoms with Crippen molar-refractivity contribution < 1.29 is 14.6 Å². The molecule has 100 valence electrons. The molecule has 0 saturated heterocycles. The van der Waals surface area contributed by atoms with Gasteiger partial charge in [-0.2, -0.15) is 0 Å². The molecule has 0 fully saturated rings. The number of amides is 1. The Hall–Kier alpha value is -0.970. The number of hydrogen-bond donors (Lipinski definition) is 1. The fourth-order valence-electron chi connectivity index (χ4n) is 1.36. The average molecular weight is 292 g/mol. The van der Waals surface area contributed by atoms with Gasteiger partial charge in [-0.3, -0.25) is 4.79 Å². The van der Waals surface area contributed by atoms with E-state index in [9.17, 15) is 9.90 Å². The Balaban J connectivity index is 2.70. The maximum atomic E-state index is 11.4. The molecule has 1 N–H and O–H groups in total. The van der Waals surface area contributed by atoms with Gasteiger partial charge in [-0.1, -0.05) is 23.2 Å². The quantitative estimate of drug-likeness (QED) is 0.906. The number of hydrogen-bond acceptors (Lipinski definition) is 3. The Kier molecular flexibility index (Phi) is 5.72. The van der Waals surface area contributed by atoms with Gasteiger partial charge < -0.3 is 14.7 Å². The van der Waals surface area contributed by atoms with Crippen LogP contribution in [0.25, 0.3) is 0 Å². The highest BCUT2D eigenvalue weighted by atomic mass is 35.5. The largest absolute Gasteiger partial charge is 0.491 e. The average Bonchev–Trinajstić information content (AvgIpc) is 2.30. The molecule has 1 aromatic carbocycles. The Morgan fingerprint density at radius 3 is 2.61 bits per heavy atom. The number of carbonyl (C=O) groups excluding carboxylic acids is 1. The molecular formula is C12H15Cl2NO3. The van der Waals surface area contributed by atoms with Gasteiger partial charge >= 0.3 is 0 Å². The SMILES string of the molecule is CN(C)C(=O)CCOc1c(Cl)cc(Cl)cc1CO. The van der Waals surface area contributed by atoms with Crippen LogP contribution in [0.1, 0.15) is 12.0 Å². The summed E-state index contributed by atoms with van der Waals surface area (Å²) in [5.41, 5.74) is 0.504. The summed E-state index contributed by atoms with van der Waals surface area (Å²) < 4.78 is 5.44. The monoisotopic (exact) mass is 291 g/mol. The van der Waals surface area contributed by atoms with E-state index in [4.69, 9.17) is 27.9 Å². The molecular weight excluding hydrogens is 277 g/mol. The van der Waals surface area contributed by atoms with Gasteiger partial charge in [-0.05, 0) is 12.1 Å². The van der Waals surface area contributed by atoms with Crippen LogP contribution in [-0.4, -0.2) is 36.6 Å². The Morgan fingerprint density at radius 2 is 2.06 bits per heavy atom. The number of benzene rings is 1. The molecule has 18 heavy (non-hydrogen) atoms. The van der Waals surface area contributed by atoms with E-state index in [1.807, 2.05) is 0 Å². The van der Waals surface area contributed by atoms with E-state index in [-0.39, 0.29) is 25.5 Å². The maximum Gasteiger partial charge on any atom is 0.225 e. The molecule has 6 heteroatoms. The van der Waals surface area contributed by atoms with Crippen LogP contribution in [0.5, 0.6) is 5.75 Å². The molecule has 0 aliphatic carbocycles. The predicted octanol–water partition coefficient (Wildman–Crippen LogP) is 2.34. The normalized spacial score (nSPS) is 10.3. The van der Waals surface area contributed by atoms with Crippen molar-refractivity contribution in [2.75, 3.05) is 20.7 Å². The van der Waals surface area contributed by atoms with Crippen LogP contribution in [0.4, 0.5) is 0 Å². The number of aliphatic hydroxyl groups is 1. The first-order chi connectivity index (χ1) is 8.45. The van der Waals surface area contributed by atoms with Crippen molar-refractivity contribution in [2.45, 2.75) is 13.0 Å². The van der Waals surface area contributed by atoms with Gasteiger partial charge in [0, 0.05) is 24.7 Å². The van der Waals surface area contributed by atoms with Crippen LogP contribution in [0.15, 0.2) is 12.1 Å². The number of rotatable bonds is 5. The molecule has 1 rings (SSSR count). The molecule has 0 aromatic heterocycles. The zero-order valence-electron chi connectivity index (χ0n) is 10.2. The van der Waals surface area contributed by atoms with E-state index < -0.39 is 0 Å². The van der Waals surface area contributed by atoms with Gasteiger partial charge in [-0.25, -0.2) is 0 Å². The van der Waals surface area contributed by atoms with Gasteiger partial charge in [0.25, 0.3) is 0 Å². The zero-order valence-corrected chi connectivity index (χ0v) is 11.8. The standard InChI is InChI=1S/C12H15Cl2NO3/c1-15(2)11(17)3-4-18-12-8(7-16)5-9(13)6-10(12)14/h5-6,16H,3-4,7H2,1-2H3. The number of nitrogens with zero attached hydrogens (tertiary/aromatic N) is 1. The van der Waals surface area contributed by atoms with E-state index in [2.05, 4.69) is 0 Å². The minimum atomic E-state index is -0.225. The second-order valence-corrected chi connectivity index (χ2v) is 4.76. The molecule has 0 saturated carbocycles. The van der Waals surface area contributed by atoms with E-state index in [0.717, 1.165) is 0 Å². The van der Waals surface area contributed by atoms with E-state index in [0.29, 0.717) is 21.4 Å². The lowest BCUT2D eigenvalue weighted by Gasteiger charge is -2.14. The highest BCUT2D eigenvalue weighted by molar-refractivity contribution is 6.35. The zero-order chi connectivity index (χ0) is 13.7. The van der Waals surface area contributed by atoms with E-state index in [1.165, 1.54) is 11.0 Å². The molecule has 0 heterocycles. The molecule has 0 aliphatic rings. The second-order valence-electron chi connectivity index (χ2n) is 3.92. The lowest BCUT2D eigenvalue weighted by molar-refractivity contribution is -0.129. The van der Waals surface area contributed by atoms with Gasteiger partial charge in [0.15, 0.2) is 0 Å². The first-order valence-corrected chi connectivity index (χ1v) is 6.13. The van der Waals surface area contributed by atoms with Crippen molar-refractivity contribution >= 4 is 29.1 Å². The van der Waals surface area contributed by atoms with Crippen LogP contribution >= 0.6 is 23.2 Å². The number of halogens is 2. The van der Waals surface area contributed by atoms with Crippen LogP contribution in [-0.2, 0) is 11.4 Å². The molecule has 0 atom stereocenters. The second kappa shape index (κ2) is 6.83. The van der Waals surface area contributed by atoms with Crippen molar-refractivity contribution in [3.05, 3.63) is 27.7 Å². The summed E-state index contributed by atoms with van der Waals surface area (Å²) in [6.07, 6.45) is 0.247. The summed E-state index contributed by atoms with van der Waals surface area (Å²) in [4.78, 5) is 12.9. The summed E-state index contributed by atoms with van der Waals surface area (Å²) >= 11 is 11.8. The highest BCUT2D eigenvalue weighted by Gasteiger charge is 2.11. The van der Waals surface area contributed by atoms with Gasteiger partial charge in [-0.15, -0.1) is 0 Å². The molecule has 1 aromatic rings. The number of ether oxygens (including phenoxy) is 1. The summed E-state index contributed by atoms with van der Waals surface area (Å²) in [5.74, 6) is 0.334. The van der Waals surface area contributed by atoms with Crippen molar-refractivity contribution in [3.63, 3.8) is 0 Å². The van der Waals surface area contributed by atoms with Crippen LogP contribution in [0.2, 0.25) is 10.0 Å². The summed E-state index contributed by atoms with van der Waals surface area (Å²) in [7, 11) is 3.35. The summed E-state index contributed by atoms with van der Waals surface area (Å²) in [6.45, 7) is -0.0252. The van der Waals surface area contributed by atoms with Gasteiger partial charge in [0.1, 0.15) is 5.75 Å². The van der Waals surface area contributed by atoms with Crippen molar-refractivity contribution in [2.24, 2.45) is 0 Å². The molecule has 1 amide bonds. The summed E-state index contributed by atoms with van der Waals surface area (Å²) in [6, 6.07) is 3.11. The number of aliphatic hydroxyl groups excluding tert-OH is 1. The minimum Gasteiger partial charge on any atom is -0.491 e. The molecule has 0 aliphatic heterocycles. The van der Waals surface area contributed by atoms with Crippen molar-refractivity contribution in [1.82, 2.24) is 4.90 Å². The molecule has 0 spiro atoms. The molecule has 0 unspecified atom stereocenters. The predicted molar refractivity (Wildman–Crippen MR) is 71.2 cm³/mol. The van der Waals surface area contributed by atoms with E-state index in [1.54, 1.807) is 20.2 Å². The molecule has 0 bridgehead atoms. The highest BCUT2D eigenvalue weighted by Crippen LogP contribution is 2.32. The lowest BCUT2D eigenvalue weighted by Crippen LogP contribution is -2.23. The third-order valence-corrected chi connectivity index (χ3v) is 2.82. The van der Waals surface area contributed by atoms with Gasteiger partial charge in [0.2, 0.25) is 5.91 Å². The third kappa shape index (κ3) is 4.05. The Bertz CT molecular complexity index is 436. The van der Waals surface area contributed by atoms with Crippen LogP contribution < -0.4 is 4.74 Å². The minimum absolute atomic E-state index is 0.0364. The lowest BCUT2D eigenvalue weighted by atomic mass is 10.2. The Labute approximate surface area is 116 Å². The maximum absolute atomic E-state index is 11.4. The first kappa shape index (κ1) is 15.1. The van der Waals surface area contributed by atoms with Crippen molar-refractivity contribution in [3.8, 4) is 5.75 Å². The summed E-state index contributed by atoms with van der Waals surface area (Å²) in [5, 5.41) is 9.95. The topological polar surface area (TPSA) is 49.8 Å². The van der Waals surface area contributed by atoms with Crippen LogP contribution in [0.3, 0.4) is 0 Å². The number of carbonyl (C=O) groups is 1. The first-order valence-electron chi connectivity index (χ1n) is 5.37. The van der Waals surface area contributed by atoms with Gasteiger partial charge in [0.05, 0.1) is 24.7 Å². The van der Waals surface area contributed by atoms with Crippen LogP contribution in [0, 0.1) is 0 Å². The third-order valence-electron chi connectivity index (χ3n) is 2.32. The van der Waals surface area contributed by atoms with Crippen molar-refractivity contribution in [1.29, 1.82) is 0 Å². The smallest absolute Gasteiger partial charge is 0.225 e.